The quantitative estimate of drug-likeness (QED) is 0.818. The van der Waals surface area contributed by atoms with Crippen molar-refractivity contribution in [3.05, 3.63) is 35.4 Å². The summed E-state index contributed by atoms with van der Waals surface area (Å²) in [5.41, 5.74) is 2.58. The molecule has 0 aliphatic heterocycles. The lowest BCUT2D eigenvalue weighted by molar-refractivity contribution is 0.603. The Kier molecular flexibility index (Phi) is 4.93. The van der Waals surface area contributed by atoms with Gasteiger partial charge in [0.15, 0.2) is 0 Å². The number of rotatable bonds is 6. The number of aromatic nitrogens is 4. The highest BCUT2D eigenvalue weighted by Crippen LogP contribution is 2.22. The second-order valence-corrected chi connectivity index (χ2v) is 5.40. The predicted molar refractivity (Wildman–Crippen MR) is 77.1 cm³/mol. The van der Waals surface area contributed by atoms with Crippen molar-refractivity contribution in [3.8, 4) is 0 Å². The van der Waals surface area contributed by atoms with Crippen molar-refractivity contribution in [2.24, 2.45) is 7.05 Å². The maximum absolute atomic E-state index is 3.99. The van der Waals surface area contributed by atoms with E-state index in [4.69, 9.17) is 0 Å². The standard InChI is InChI=1S/C13H19N5S/c1-4-14-12(11-7-5-10(2)6-8-11)9-19-13-15-16-17-18(13)3/h5-8,12,14H,4,9H2,1-3H3. The van der Waals surface area contributed by atoms with E-state index >= 15 is 0 Å². The van der Waals surface area contributed by atoms with Crippen LogP contribution in [0.5, 0.6) is 0 Å². The molecule has 1 aromatic heterocycles. The molecular formula is C13H19N5S. The monoisotopic (exact) mass is 277 g/mol. The molecule has 1 unspecified atom stereocenters. The highest BCUT2D eigenvalue weighted by atomic mass is 32.2. The highest BCUT2D eigenvalue weighted by Gasteiger charge is 2.12. The van der Waals surface area contributed by atoms with Gasteiger partial charge in [-0.3, -0.25) is 0 Å². The maximum atomic E-state index is 3.99. The van der Waals surface area contributed by atoms with E-state index in [0.717, 1.165) is 17.5 Å². The maximum Gasteiger partial charge on any atom is 0.209 e. The summed E-state index contributed by atoms with van der Waals surface area (Å²) in [6, 6.07) is 8.96. The molecule has 102 valence electrons. The normalized spacial score (nSPS) is 12.6. The zero-order valence-electron chi connectivity index (χ0n) is 11.5. The van der Waals surface area contributed by atoms with Crippen LogP contribution in [0.4, 0.5) is 0 Å². The minimum Gasteiger partial charge on any atom is -0.309 e. The van der Waals surface area contributed by atoms with Gasteiger partial charge in [-0.2, -0.15) is 0 Å². The van der Waals surface area contributed by atoms with Gasteiger partial charge in [0.2, 0.25) is 5.16 Å². The number of nitrogens with zero attached hydrogens (tertiary/aromatic N) is 4. The summed E-state index contributed by atoms with van der Waals surface area (Å²) < 4.78 is 1.70. The van der Waals surface area contributed by atoms with Crippen LogP contribution >= 0.6 is 11.8 Å². The van der Waals surface area contributed by atoms with E-state index in [9.17, 15) is 0 Å². The van der Waals surface area contributed by atoms with Gasteiger partial charge >= 0.3 is 0 Å². The zero-order valence-corrected chi connectivity index (χ0v) is 12.3. The summed E-state index contributed by atoms with van der Waals surface area (Å²) in [5, 5.41) is 15.8. The molecule has 1 heterocycles. The fraction of sp³-hybridized carbons (Fsp3) is 0.462. The lowest BCUT2D eigenvalue weighted by Gasteiger charge is -2.17. The van der Waals surface area contributed by atoms with Crippen LogP contribution in [0.1, 0.15) is 24.1 Å². The van der Waals surface area contributed by atoms with Gasteiger partial charge in [-0.1, -0.05) is 48.5 Å². The van der Waals surface area contributed by atoms with Gasteiger partial charge in [-0.05, 0) is 29.5 Å². The van der Waals surface area contributed by atoms with E-state index in [1.807, 2.05) is 7.05 Å². The molecule has 0 saturated carbocycles. The van der Waals surface area contributed by atoms with Crippen LogP contribution in [0, 0.1) is 6.92 Å². The van der Waals surface area contributed by atoms with Crippen LogP contribution in [-0.2, 0) is 7.05 Å². The molecule has 2 rings (SSSR count). The average Bonchev–Trinajstić information content (AvgIpc) is 2.81. The minimum atomic E-state index is 0.312. The Morgan fingerprint density at radius 3 is 2.63 bits per heavy atom. The first kappa shape index (κ1) is 14.0. The number of hydrogen-bond donors (Lipinski definition) is 1. The van der Waals surface area contributed by atoms with Gasteiger partial charge in [0.05, 0.1) is 0 Å². The van der Waals surface area contributed by atoms with Crippen LogP contribution in [0.3, 0.4) is 0 Å². The van der Waals surface area contributed by atoms with E-state index in [2.05, 4.69) is 59.0 Å². The van der Waals surface area contributed by atoms with Gasteiger partial charge in [0.25, 0.3) is 0 Å². The molecule has 0 spiro atoms. The third kappa shape index (κ3) is 3.78. The molecule has 1 N–H and O–H groups in total. The number of benzene rings is 1. The predicted octanol–water partition coefficient (Wildman–Crippen LogP) is 1.96. The lowest BCUT2D eigenvalue weighted by Crippen LogP contribution is -2.23. The first-order valence-corrected chi connectivity index (χ1v) is 7.34. The Balaban J connectivity index is 2.04. The summed E-state index contributed by atoms with van der Waals surface area (Å²) in [6.45, 7) is 5.16. The summed E-state index contributed by atoms with van der Waals surface area (Å²) in [5.74, 6) is 0.908. The summed E-state index contributed by atoms with van der Waals surface area (Å²) in [4.78, 5) is 0. The Labute approximate surface area is 117 Å². The van der Waals surface area contributed by atoms with E-state index in [1.54, 1.807) is 16.4 Å². The molecular weight excluding hydrogens is 258 g/mol. The minimum absolute atomic E-state index is 0.312. The largest absolute Gasteiger partial charge is 0.309 e. The van der Waals surface area contributed by atoms with Crippen molar-refractivity contribution >= 4 is 11.8 Å². The molecule has 5 nitrogen and oxygen atoms in total. The molecule has 0 radical (unpaired) electrons. The third-order valence-corrected chi connectivity index (χ3v) is 3.99. The van der Waals surface area contributed by atoms with Crippen molar-refractivity contribution < 1.29 is 0 Å². The molecule has 0 aliphatic carbocycles. The second-order valence-electron chi connectivity index (χ2n) is 4.42. The number of nitrogens with one attached hydrogen (secondary N) is 1. The molecule has 1 atom stereocenters. The fourth-order valence-electron chi connectivity index (χ4n) is 1.82. The number of aryl methyl sites for hydroxylation is 2. The topological polar surface area (TPSA) is 55.6 Å². The first-order chi connectivity index (χ1) is 9.20. The molecule has 0 amide bonds. The highest BCUT2D eigenvalue weighted by molar-refractivity contribution is 7.99. The van der Waals surface area contributed by atoms with E-state index in [-0.39, 0.29) is 0 Å². The molecule has 0 fully saturated rings. The van der Waals surface area contributed by atoms with Crippen molar-refractivity contribution in [2.75, 3.05) is 12.3 Å². The molecule has 1 aromatic carbocycles. The number of tetrazole rings is 1. The Bertz CT molecular complexity index is 508. The van der Waals surface area contributed by atoms with Gasteiger partial charge in [-0.25, -0.2) is 4.68 Å². The Hall–Kier alpha value is -1.40. The molecule has 19 heavy (non-hydrogen) atoms. The van der Waals surface area contributed by atoms with Gasteiger partial charge < -0.3 is 5.32 Å². The molecule has 0 bridgehead atoms. The summed E-state index contributed by atoms with van der Waals surface area (Å²) in [7, 11) is 1.86. The van der Waals surface area contributed by atoms with Crippen LogP contribution < -0.4 is 5.32 Å². The van der Waals surface area contributed by atoms with Gasteiger partial charge in [0.1, 0.15) is 0 Å². The summed E-state index contributed by atoms with van der Waals surface area (Å²) >= 11 is 1.67. The van der Waals surface area contributed by atoms with Crippen LogP contribution in [0.2, 0.25) is 0 Å². The Morgan fingerprint density at radius 1 is 1.32 bits per heavy atom. The average molecular weight is 277 g/mol. The van der Waals surface area contributed by atoms with Crippen molar-refractivity contribution in [1.29, 1.82) is 0 Å². The van der Waals surface area contributed by atoms with Crippen LogP contribution in [-0.4, -0.2) is 32.5 Å². The van der Waals surface area contributed by atoms with Crippen molar-refractivity contribution in [3.63, 3.8) is 0 Å². The smallest absolute Gasteiger partial charge is 0.209 e. The molecule has 0 saturated heterocycles. The molecule has 0 aliphatic rings. The van der Waals surface area contributed by atoms with Crippen LogP contribution in [0.25, 0.3) is 0 Å². The first-order valence-electron chi connectivity index (χ1n) is 6.35. The fourth-order valence-corrected chi connectivity index (χ4v) is 2.76. The van der Waals surface area contributed by atoms with E-state index in [0.29, 0.717) is 6.04 Å². The number of thioether (sulfide) groups is 1. The molecule has 2 aromatic rings. The van der Waals surface area contributed by atoms with Gasteiger partial charge in [-0.15, -0.1) is 5.10 Å². The number of hydrogen-bond acceptors (Lipinski definition) is 5. The molecule has 6 heteroatoms. The lowest BCUT2D eigenvalue weighted by atomic mass is 10.1. The van der Waals surface area contributed by atoms with Crippen LogP contribution in [0.15, 0.2) is 29.4 Å². The third-order valence-electron chi connectivity index (χ3n) is 2.89. The van der Waals surface area contributed by atoms with Gasteiger partial charge in [0, 0.05) is 18.8 Å². The van der Waals surface area contributed by atoms with Crippen molar-refractivity contribution in [2.45, 2.75) is 25.0 Å². The second kappa shape index (κ2) is 6.68. The van der Waals surface area contributed by atoms with E-state index in [1.165, 1.54) is 11.1 Å². The zero-order chi connectivity index (χ0) is 13.7. The summed E-state index contributed by atoms with van der Waals surface area (Å²) in [6.07, 6.45) is 0. The van der Waals surface area contributed by atoms with Crippen molar-refractivity contribution in [1.82, 2.24) is 25.5 Å². The Morgan fingerprint density at radius 2 is 2.05 bits per heavy atom. The van der Waals surface area contributed by atoms with E-state index < -0.39 is 0 Å². The SMILES string of the molecule is CCNC(CSc1nnnn1C)c1ccc(C)cc1.